The molecule has 0 aliphatic carbocycles. The Morgan fingerprint density at radius 2 is 2.03 bits per heavy atom. The second kappa shape index (κ2) is 7.93. The fourth-order valence-electron chi connectivity index (χ4n) is 2.77. The van der Waals surface area contributed by atoms with Gasteiger partial charge in [-0.1, -0.05) is 11.2 Å². The quantitative estimate of drug-likeness (QED) is 0.539. The van der Waals surface area contributed by atoms with E-state index in [9.17, 15) is 4.79 Å². The molecule has 0 saturated carbocycles. The van der Waals surface area contributed by atoms with Gasteiger partial charge in [-0.25, -0.2) is 4.98 Å². The van der Waals surface area contributed by atoms with E-state index in [0.29, 0.717) is 34.7 Å². The molecule has 0 saturated heterocycles. The summed E-state index contributed by atoms with van der Waals surface area (Å²) in [6, 6.07) is 10.7. The van der Waals surface area contributed by atoms with E-state index in [1.165, 1.54) is 0 Å². The van der Waals surface area contributed by atoms with Crippen molar-refractivity contribution in [2.45, 2.75) is 13.5 Å². The van der Waals surface area contributed by atoms with Crippen LogP contribution in [0.25, 0.3) is 23.0 Å². The average molecular weight is 390 g/mol. The van der Waals surface area contributed by atoms with Crippen molar-refractivity contribution in [3.8, 4) is 28.7 Å². The van der Waals surface area contributed by atoms with Gasteiger partial charge in [0.25, 0.3) is 5.89 Å². The molecule has 0 bridgehead atoms. The number of nitrogens with one attached hydrogen (secondary N) is 1. The number of carbonyl (C=O) groups excluding carboxylic acids is 1. The highest BCUT2D eigenvalue weighted by Gasteiger charge is 2.16. The standard InChI is InChI=1S/C20H18N6O3/c1-13-22-17(19-24-20(29-25-19)14-6-8-21-9-7-14)11-26(13)12-18(27)23-15-4-3-5-16(10-15)28-2/h3-11H,12H2,1-2H3,(H,23,27). The van der Waals surface area contributed by atoms with Gasteiger partial charge in [-0.3, -0.25) is 9.78 Å². The van der Waals surface area contributed by atoms with Crippen LogP contribution in [-0.4, -0.2) is 37.7 Å². The lowest BCUT2D eigenvalue weighted by Gasteiger charge is -2.08. The Balaban J connectivity index is 1.48. The van der Waals surface area contributed by atoms with Gasteiger partial charge < -0.3 is 19.1 Å². The van der Waals surface area contributed by atoms with E-state index in [0.717, 1.165) is 5.56 Å². The van der Waals surface area contributed by atoms with Crippen molar-refractivity contribution in [2.75, 3.05) is 12.4 Å². The molecule has 146 valence electrons. The van der Waals surface area contributed by atoms with Crippen LogP contribution in [0.15, 0.2) is 59.5 Å². The first kappa shape index (κ1) is 18.4. The predicted octanol–water partition coefficient (Wildman–Crippen LogP) is 2.95. The number of anilines is 1. The molecule has 0 unspecified atom stereocenters. The van der Waals surface area contributed by atoms with Gasteiger partial charge in [0.2, 0.25) is 11.7 Å². The maximum atomic E-state index is 12.4. The Bertz CT molecular complexity index is 1140. The molecule has 0 radical (unpaired) electrons. The molecular formula is C20H18N6O3. The van der Waals surface area contributed by atoms with Crippen LogP contribution >= 0.6 is 0 Å². The molecule has 1 N–H and O–H groups in total. The molecule has 0 aliphatic heterocycles. The number of imidazole rings is 1. The number of amides is 1. The van der Waals surface area contributed by atoms with Crippen LogP contribution in [0, 0.1) is 6.92 Å². The van der Waals surface area contributed by atoms with Crippen LogP contribution in [0.3, 0.4) is 0 Å². The highest BCUT2D eigenvalue weighted by Crippen LogP contribution is 2.21. The molecule has 0 atom stereocenters. The number of pyridine rings is 1. The topological polar surface area (TPSA) is 108 Å². The van der Waals surface area contributed by atoms with Crippen LogP contribution in [0.2, 0.25) is 0 Å². The number of nitrogens with zero attached hydrogens (tertiary/aromatic N) is 5. The summed E-state index contributed by atoms with van der Waals surface area (Å²) in [5, 5.41) is 6.83. The smallest absolute Gasteiger partial charge is 0.258 e. The molecule has 3 heterocycles. The number of methoxy groups -OCH3 is 1. The Kier molecular flexibility index (Phi) is 5.02. The maximum absolute atomic E-state index is 12.4. The third-order valence-electron chi connectivity index (χ3n) is 4.23. The lowest BCUT2D eigenvalue weighted by molar-refractivity contribution is -0.116. The van der Waals surface area contributed by atoms with Crippen molar-refractivity contribution in [1.29, 1.82) is 0 Å². The van der Waals surface area contributed by atoms with E-state index in [4.69, 9.17) is 9.26 Å². The minimum absolute atomic E-state index is 0.102. The first-order valence-corrected chi connectivity index (χ1v) is 8.84. The van der Waals surface area contributed by atoms with Crippen LogP contribution in [0.4, 0.5) is 5.69 Å². The zero-order valence-electron chi connectivity index (χ0n) is 15.9. The first-order valence-electron chi connectivity index (χ1n) is 8.84. The average Bonchev–Trinajstić information content (AvgIpc) is 3.36. The summed E-state index contributed by atoms with van der Waals surface area (Å²) in [6.07, 6.45) is 5.03. The Morgan fingerprint density at radius 3 is 2.83 bits per heavy atom. The van der Waals surface area contributed by atoms with Crippen molar-refractivity contribution < 1.29 is 14.1 Å². The third kappa shape index (κ3) is 4.13. The van der Waals surface area contributed by atoms with Crippen LogP contribution in [-0.2, 0) is 11.3 Å². The number of rotatable bonds is 6. The van der Waals surface area contributed by atoms with E-state index in [2.05, 4.69) is 25.4 Å². The van der Waals surface area contributed by atoms with Gasteiger partial charge in [0, 0.05) is 35.9 Å². The summed E-state index contributed by atoms with van der Waals surface area (Å²) in [4.78, 5) is 25.2. The Labute approximate surface area is 166 Å². The van der Waals surface area contributed by atoms with Crippen molar-refractivity contribution in [2.24, 2.45) is 0 Å². The Morgan fingerprint density at radius 1 is 1.21 bits per heavy atom. The van der Waals surface area contributed by atoms with Gasteiger partial charge in [0.1, 0.15) is 23.8 Å². The van der Waals surface area contributed by atoms with Crippen LogP contribution in [0.1, 0.15) is 5.82 Å². The number of aromatic nitrogens is 5. The lowest BCUT2D eigenvalue weighted by atomic mass is 10.3. The molecule has 1 aromatic carbocycles. The van der Waals surface area contributed by atoms with Gasteiger partial charge in [-0.15, -0.1) is 0 Å². The highest BCUT2D eigenvalue weighted by atomic mass is 16.5. The summed E-state index contributed by atoms with van der Waals surface area (Å²) in [6.45, 7) is 1.91. The molecule has 0 fully saturated rings. The van der Waals surface area contributed by atoms with Crippen molar-refractivity contribution >= 4 is 11.6 Å². The highest BCUT2D eigenvalue weighted by molar-refractivity contribution is 5.90. The molecule has 9 nitrogen and oxygen atoms in total. The minimum Gasteiger partial charge on any atom is -0.497 e. The second-order valence-electron chi connectivity index (χ2n) is 6.24. The number of ether oxygens (including phenoxy) is 1. The monoisotopic (exact) mass is 390 g/mol. The zero-order valence-corrected chi connectivity index (χ0v) is 15.9. The van der Waals surface area contributed by atoms with Gasteiger partial charge in [-0.05, 0) is 31.2 Å². The summed E-state index contributed by atoms with van der Waals surface area (Å²) >= 11 is 0. The van der Waals surface area contributed by atoms with Crippen molar-refractivity contribution in [3.05, 3.63) is 60.8 Å². The van der Waals surface area contributed by atoms with Gasteiger partial charge in [-0.2, -0.15) is 4.98 Å². The normalized spacial score (nSPS) is 10.7. The molecule has 4 aromatic rings. The third-order valence-corrected chi connectivity index (χ3v) is 4.23. The van der Waals surface area contributed by atoms with Crippen LogP contribution in [0.5, 0.6) is 5.75 Å². The molecule has 29 heavy (non-hydrogen) atoms. The fraction of sp³-hybridized carbons (Fsp3) is 0.150. The second-order valence-corrected chi connectivity index (χ2v) is 6.24. The number of carbonyl (C=O) groups is 1. The van der Waals surface area contributed by atoms with Gasteiger partial charge in [0.05, 0.1) is 7.11 Å². The molecule has 0 spiro atoms. The summed E-state index contributed by atoms with van der Waals surface area (Å²) in [5.41, 5.74) is 1.96. The molecule has 0 aliphatic rings. The Hall–Kier alpha value is -4.01. The van der Waals surface area contributed by atoms with E-state index >= 15 is 0 Å². The van der Waals surface area contributed by atoms with Crippen molar-refractivity contribution in [3.63, 3.8) is 0 Å². The van der Waals surface area contributed by atoms with E-state index < -0.39 is 0 Å². The van der Waals surface area contributed by atoms with Crippen LogP contribution < -0.4 is 10.1 Å². The predicted molar refractivity (Wildman–Crippen MR) is 105 cm³/mol. The van der Waals surface area contributed by atoms with E-state index in [-0.39, 0.29) is 12.5 Å². The molecule has 1 amide bonds. The minimum atomic E-state index is -0.184. The summed E-state index contributed by atoms with van der Waals surface area (Å²) in [5.74, 6) is 1.88. The lowest BCUT2D eigenvalue weighted by Crippen LogP contribution is -2.19. The number of benzene rings is 1. The molecule has 4 rings (SSSR count). The molecular weight excluding hydrogens is 372 g/mol. The largest absolute Gasteiger partial charge is 0.497 e. The first-order chi connectivity index (χ1) is 14.1. The number of aryl methyl sites for hydroxylation is 1. The SMILES string of the molecule is COc1cccc(NC(=O)Cn2cc(-c3noc(-c4ccncc4)n3)nc2C)c1. The van der Waals surface area contributed by atoms with E-state index in [1.54, 1.807) is 54.5 Å². The number of hydrogen-bond donors (Lipinski definition) is 1. The maximum Gasteiger partial charge on any atom is 0.258 e. The summed E-state index contributed by atoms with van der Waals surface area (Å²) in [7, 11) is 1.58. The molecule has 3 aromatic heterocycles. The van der Waals surface area contributed by atoms with Crippen molar-refractivity contribution in [1.82, 2.24) is 24.7 Å². The zero-order chi connectivity index (χ0) is 20.2. The van der Waals surface area contributed by atoms with E-state index in [1.807, 2.05) is 19.1 Å². The number of hydrogen-bond acceptors (Lipinski definition) is 7. The summed E-state index contributed by atoms with van der Waals surface area (Å²) < 4.78 is 12.2. The molecule has 9 heteroatoms. The van der Waals surface area contributed by atoms with Gasteiger partial charge >= 0.3 is 0 Å². The fourth-order valence-corrected chi connectivity index (χ4v) is 2.77. The van der Waals surface area contributed by atoms with Gasteiger partial charge in [0.15, 0.2) is 0 Å².